The van der Waals surface area contributed by atoms with Gasteiger partial charge in [0, 0.05) is 37.9 Å². The number of anilines is 1. The van der Waals surface area contributed by atoms with Gasteiger partial charge in [-0.2, -0.15) is 13.2 Å². The number of halogens is 4. The van der Waals surface area contributed by atoms with E-state index in [-0.39, 0.29) is 29.1 Å². The molecule has 11 heteroatoms. The number of aryl methyl sites for hydroxylation is 1. The lowest BCUT2D eigenvalue weighted by Crippen LogP contribution is -2.42. The second-order valence-electron chi connectivity index (χ2n) is 11.2. The molecule has 3 aromatic rings. The molecule has 2 amide bonds. The monoisotopic (exact) mass is 583 g/mol. The number of nitrogens with zero attached hydrogens (tertiary/aromatic N) is 4. The van der Waals surface area contributed by atoms with Crippen molar-refractivity contribution in [3.63, 3.8) is 0 Å². The van der Waals surface area contributed by atoms with Crippen LogP contribution in [0.3, 0.4) is 0 Å². The molecule has 1 unspecified atom stereocenters. The lowest BCUT2D eigenvalue weighted by atomic mass is 9.78. The van der Waals surface area contributed by atoms with E-state index in [0.29, 0.717) is 42.3 Å². The maximum Gasteiger partial charge on any atom is 0.451 e. The maximum atomic E-state index is 13.6. The molecule has 6 rings (SSSR count). The van der Waals surface area contributed by atoms with Gasteiger partial charge in [-0.3, -0.25) is 9.59 Å². The van der Waals surface area contributed by atoms with Gasteiger partial charge in [0.05, 0.1) is 16.6 Å². The summed E-state index contributed by atoms with van der Waals surface area (Å²) in [6.07, 6.45) is 0.518. The summed E-state index contributed by atoms with van der Waals surface area (Å²) in [5.74, 6) is -1.13. The lowest BCUT2D eigenvalue weighted by Gasteiger charge is -2.39. The fraction of sp³-hybridized carbons (Fsp3) is 0.400. The van der Waals surface area contributed by atoms with E-state index in [0.717, 1.165) is 49.4 Å². The number of aromatic nitrogens is 2. The van der Waals surface area contributed by atoms with Crippen LogP contribution < -0.4 is 10.2 Å². The van der Waals surface area contributed by atoms with Crippen LogP contribution in [0.5, 0.6) is 0 Å². The molecule has 1 atom stereocenters. The average Bonchev–Trinajstić information content (AvgIpc) is 3.57. The number of hydrogen-bond acceptors (Lipinski definition) is 5. The van der Waals surface area contributed by atoms with Gasteiger partial charge in [0.15, 0.2) is 0 Å². The molecule has 2 saturated heterocycles. The van der Waals surface area contributed by atoms with Crippen molar-refractivity contribution in [3.05, 3.63) is 87.8 Å². The van der Waals surface area contributed by atoms with Crippen molar-refractivity contribution < 1.29 is 22.8 Å². The molecule has 1 N–H and O–H groups in total. The third-order valence-corrected chi connectivity index (χ3v) is 8.99. The second kappa shape index (κ2) is 10.6. The van der Waals surface area contributed by atoms with Crippen LogP contribution in [0.25, 0.3) is 0 Å². The molecule has 1 spiro atoms. The summed E-state index contributed by atoms with van der Waals surface area (Å²) < 4.78 is 39.2. The average molecular weight is 584 g/mol. The van der Waals surface area contributed by atoms with Gasteiger partial charge < -0.3 is 15.1 Å². The summed E-state index contributed by atoms with van der Waals surface area (Å²) in [6.45, 7) is 2.39. The third kappa shape index (κ3) is 5.49. The van der Waals surface area contributed by atoms with Gasteiger partial charge in [0.25, 0.3) is 11.8 Å². The Morgan fingerprint density at radius 2 is 1.78 bits per heavy atom. The largest absolute Gasteiger partial charge is 0.451 e. The fourth-order valence-electron chi connectivity index (χ4n) is 6.34. The minimum absolute atomic E-state index is 0.0409. The van der Waals surface area contributed by atoms with Crippen molar-refractivity contribution in [1.29, 1.82) is 0 Å². The van der Waals surface area contributed by atoms with E-state index in [4.69, 9.17) is 11.6 Å². The van der Waals surface area contributed by atoms with Gasteiger partial charge in [-0.25, -0.2) is 9.97 Å². The van der Waals surface area contributed by atoms with E-state index < -0.39 is 12.0 Å². The summed E-state index contributed by atoms with van der Waals surface area (Å²) in [5.41, 5.74) is 3.03. The molecular formula is C30H29ClF3N5O2. The number of benzene rings is 2. The van der Waals surface area contributed by atoms with Gasteiger partial charge in [-0.15, -0.1) is 0 Å². The zero-order valence-corrected chi connectivity index (χ0v) is 23.0. The Kier molecular flexibility index (Phi) is 7.13. The Balaban J connectivity index is 1.10. The minimum atomic E-state index is -4.59. The summed E-state index contributed by atoms with van der Waals surface area (Å²) >= 11 is 6.21. The van der Waals surface area contributed by atoms with Crippen molar-refractivity contribution in [2.45, 2.75) is 44.3 Å². The van der Waals surface area contributed by atoms with E-state index in [2.05, 4.69) is 15.3 Å². The van der Waals surface area contributed by atoms with Crippen molar-refractivity contribution >= 4 is 29.2 Å². The third-order valence-electron chi connectivity index (χ3n) is 8.66. The van der Waals surface area contributed by atoms with E-state index in [1.165, 1.54) is 6.07 Å². The number of amides is 2. The molecule has 41 heavy (non-hydrogen) atoms. The molecule has 0 bridgehead atoms. The number of carbonyl (C=O) groups is 2. The molecular weight excluding hydrogens is 555 g/mol. The first-order valence-electron chi connectivity index (χ1n) is 13.7. The van der Waals surface area contributed by atoms with Gasteiger partial charge >= 0.3 is 6.18 Å². The molecule has 0 saturated carbocycles. The van der Waals surface area contributed by atoms with Crippen LogP contribution in [0, 0.1) is 5.41 Å². The number of hydrogen-bond donors (Lipinski definition) is 1. The lowest BCUT2D eigenvalue weighted by molar-refractivity contribution is -0.144. The molecule has 0 radical (unpaired) electrons. The predicted molar refractivity (Wildman–Crippen MR) is 148 cm³/mol. The van der Waals surface area contributed by atoms with Gasteiger partial charge in [0.1, 0.15) is 5.82 Å². The molecule has 2 fully saturated rings. The standard InChI is InChI=1S/C30H29ClF3N5O2/c31-23-4-2-1-3-21(23)26(40)36-24-8-7-19-5-6-20(17-22(19)24)27(41)39-16-12-29(18-39)10-14-38(15-11-29)25-9-13-35-28(37-25)30(32,33)34/h1-6,9,13,17,24H,7-8,10-12,14-16,18H2,(H,36,40). The topological polar surface area (TPSA) is 78.4 Å². The zero-order chi connectivity index (χ0) is 28.8. The second-order valence-corrected chi connectivity index (χ2v) is 11.6. The normalized spacial score (nSPS) is 19.9. The van der Waals surface area contributed by atoms with E-state index in [9.17, 15) is 22.8 Å². The highest BCUT2D eigenvalue weighted by atomic mass is 35.5. The van der Waals surface area contributed by atoms with Gasteiger partial charge in [0.2, 0.25) is 5.82 Å². The molecule has 3 heterocycles. The Labute approximate surface area is 240 Å². The highest BCUT2D eigenvalue weighted by molar-refractivity contribution is 6.33. The van der Waals surface area contributed by atoms with Crippen molar-refractivity contribution in [2.75, 3.05) is 31.1 Å². The maximum absolute atomic E-state index is 13.6. The molecule has 214 valence electrons. The summed E-state index contributed by atoms with van der Waals surface area (Å²) in [4.78, 5) is 37.3. The van der Waals surface area contributed by atoms with Crippen LogP contribution in [-0.2, 0) is 12.6 Å². The smallest absolute Gasteiger partial charge is 0.356 e. The number of carbonyl (C=O) groups excluding carboxylic acids is 2. The Morgan fingerprint density at radius 3 is 2.54 bits per heavy atom. The molecule has 2 aliphatic heterocycles. The first kappa shape index (κ1) is 27.5. The highest BCUT2D eigenvalue weighted by Crippen LogP contribution is 2.42. The summed E-state index contributed by atoms with van der Waals surface area (Å²) in [6, 6.07) is 14.0. The Hall–Kier alpha value is -3.66. The van der Waals surface area contributed by atoms with Crippen molar-refractivity contribution in [2.24, 2.45) is 5.41 Å². The predicted octanol–water partition coefficient (Wildman–Crippen LogP) is 5.70. The molecule has 3 aliphatic rings. The molecule has 2 aromatic carbocycles. The Morgan fingerprint density at radius 1 is 1.02 bits per heavy atom. The van der Waals surface area contributed by atoms with E-state index in [1.54, 1.807) is 24.3 Å². The Bertz CT molecular complexity index is 1490. The van der Waals surface area contributed by atoms with Crippen molar-refractivity contribution in [1.82, 2.24) is 20.2 Å². The number of nitrogens with one attached hydrogen (secondary N) is 1. The number of likely N-dealkylation sites (tertiary alicyclic amines) is 1. The van der Waals surface area contributed by atoms with E-state index in [1.807, 2.05) is 28.0 Å². The summed E-state index contributed by atoms with van der Waals surface area (Å²) in [7, 11) is 0. The van der Waals surface area contributed by atoms with Crippen LogP contribution in [0.1, 0.15) is 69.4 Å². The number of fused-ring (bicyclic) bond motifs is 1. The number of alkyl halides is 3. The first-order valence-corrected chi connectivity index (χ1v) is 14.1. The number of piperidine rings is 1. The van der Waals surface area contributed by atoms with Crippen LogP contribution >= 0.6 is 11.6 Å². The molecule has 7 nitrogen and oxygen atoms in total. The number of rotatable bonds is 4. The van der Waals surface area contributed by atoms with Gasteiger partial charge in [-0.05, 0) is 79.0 Å². The quantitative estimate of drug-likeness (QED) is 0.426. The minimum Gasteiger partial charge on any atom is -0.356 e. The van der Waals surface area contributed by atoms with E-state index >= 15 is 0 Å². The van der Waals surface area contributed by atoms with Crippen LogP contribution in [0.2, 0.25) is 5.02 Å². The van der Waals surface area contributed by atoms with Gasteiger partial charge in [-0.1, -0.05) is 29.8 Å². The van der Waals surface area contributed by atoms with Crippen LogP contribution in [-0.4, -0.2) is 52.9 Å². The first-order chi connectivity index (χ1) is 19.6. The highest BCUT2D eigenvalue weighted by Gasteiger charge is 2.43. The summed E-state index contributed by atoms with van der Waals surface area (Å²) in [5, 5.41) is 3.47. The zero-order valence-electron chi connectivity index (χ0n) is 22.3. The van der Waals surface area contributed by atoms with Crippen LogP contribution in [0.15, 0.2) is 54.7 Å². The van der Waals surface area contributed by atoms with Crippen molar-refractivity contribution in [3.8, 4) is 0 Å². The molecule has 1 aromatic heterocycles. The fourth-order valence-corrected chi connectivity index (χ4v) is 6.56. The molecule has 1 aliphatic carbocycles. The SMILES string of the molecule is O=C(NC1CCc2ccc(C(=O)N3CCC4(CCN(c5ccnc(C(F)(F)F)n5)CC4)C3)cc21)c1ccccc1Cl. The van der Waals surface area contributed by atoms with Crippen LogP contribution in [0.4, 0.5) is 19.0 Å².